The first-order valence-electron chi connectivity index (χ1n) is 7.26. The SMILES string of the molecule is CCC(CN)C(=O)Nc1sc2c(c1C#N)CCCCC2. The highest BCUT2D eigenvalue weighted by Gasteiger charge is 2.22. The molecule has 1 unspecified atom stereocenters. The molecular formula is C15H21N3OS. The third-order valence-electron chi connectivity index (χ3n) is 3.92. The van der Waals surface area contributed by atoms with E-state index in [0.29, 0.717) is 12.1 Å². The summed E-state index contributed by atoms with van der Waals surface area (Å²) >= 11 is 1.57. The molecule has 0 aromatic carbocycles. The van der Waals surface area contributed by atoms with Crippen molar-refractivity contribution in [3.05, 3.63) is 16.0 Å². The second-order valence-corrected chi connectivity index (χ2v) is 6.32. The van der Waals surface area contributed by atoms with Gasteiger partial charge < -0.3 is 11.1 Å². The van der Waals surface area contributed by atoms with Gasteiger partial charge in [-0.05, 0) is 37.7 Å². The minimum atomic E-state index is -0.177. The predicted octanol–water partition coefficient (Wildman–Crippen LogP) is 2.81. The first kappa shape index (κ1) is 15.0. The average molecular weight is 291 g/mol. The van der Waals surface area contributed by atoms with Crippen LogP contribution in [0.4, 0.5) is 5.00 Å². The summed E-state index contributed by atoms with van der Waals surface area (Å²) in [5.41, 5.74) is 7.44. The molecule has 0 bridgehead atoms. The standard InChI is InChI=1S/C15H21N3OS/c1-2-10(8-16)14(19)18-15-12(9-17)11-6-4-3-5-7-13(11)20-15/h10H,2-8,16H2,1H3,(H,18,19). The van der Waals surface area contributed by atoms with E-state index in [1.165, 1.54) is 17.7 Å². The van der Waals surface area contributed by atoms with Gasteiger partial charge in [-0.25, -0.2) is 0 Å². The Balaban J connectivity index is 2.25. The second-order valence-electron chi connectivity index (χ2n) is 5.21. The monoisotopic (exact) mass is 291 g/mol. The van der Waals surface area contributed by atoms with Crippen LogP contribution >= 0.6 is 11.3 Å². The lowest BCUT2D eigenvalue weighted by atomic mass is 10.1. The van der Waals surface area contributed by atoms with Crippen molar-refractivity contribution in [1.82, 2.24) is 0 Å². The largest absolute Gasteiger partial charge is 0.330 e. The molecule has 3 N–H and O–H groups in total. The van der Waals surface area contributed by atoms with E-state index in [2.05, 4.69) is 11.4 Å². The van der Waals surface area contributed by atoms with Crippen LogP contribution in [-0.2, 0) is 17.6 Å². The zero-order chi connectivity index (χ0) is 14.5. The van der Waals surface area contributed by atoms with Gasteiger partial charge >= 0.3 is 0 Å². The lowest BCUT2D eigenvalue weighted by Gasteiger charge is -2.11. The van der Waals surface area contributed by atoms with Crippen LogP contribution in [-0.4, -0.2) is 12.5 Å². The number of anilines is 1. The molecule has 0 saturated carbocycles. The van der Waals surface area contributed by atoms with Crippen molar-refractivity contribution in [2.45, 2.75) is 45.4 Å². The van der Waals surface area contributed by atoms with Gasteiger partial charge in [-0.3, -0.25) is 4.79 Å². The quantitative estimate of drug-likeness (QED) is 0.837. The molecule has 5 heteroatoms. The number of nitrogens with one attached hydrogen (secondary N) is 1. The Labute approximate surface area is 124 Å². The number of nitrogens with zero attached hydrogens (tertiary/aromatic N) is 1. The molecule has 0 fully saturated rings. The van der Waals surface area contributed by atoms with Gasteiger partial charge in [0.05, 0.1) is 11.5 Å². The summed E-state index contributed by atoms with van der Waals surface area (Å²) in [5.74, 6) is -0.244. The Bertz CT molecular complexity index is 526. The summed E-state index contributed by atoms with van der Waals surface area (Å²) in [5, 5.41) is 13.0. The van der Waals surface area contributed by atoms with Crippen LogP contribution in [0.25, 0.3) is 0 Å². The first-order valence-corrected chi connectivity index (χ1v) is 8.08. The smallest absolute Gasteiger partial charge is 0.229 e. The molecule has 1 aliphatic carbocycles. The summed E-state index contributed by atoms with van der Waals surface area (Å²) in [6.45, 7) is 2.29. The Hall–Kier alpha value is -1.38. The van der Waals surface area contributed by atoms with E-state index < -0.39 is 0 Å². The molecular weight excluding hydrogens is 270 g/mol. The maximum absolute atomic E-state index is 12.1. The number of thiophene rings is 1. The third-order valence-corrected chi connectivity index (χ3v) is 5.13. The topological polar surface area (TPSA) is 78.9 Å². The van der Waals surface area contributed by atoms with Gasteiger partial charge in [-0.1, -0.05) is 13.3 Å². The fraction of sp³-hybridized carbons (Fsp3) is 0.600. The number of nitriles is 1. The number of carbonyl (C=O) groups excluding carboxylic acids is 1. The number of aryl methyl sites for hydroxylation is 1. The molecule has 1 atom stereocenters. The van der Waals surface area contributed by atoms with Gasteiger partial charge in [0.15, 0.2) is 0 Å². The number of rotatable bonds is 4. The maximum atomic E-state index is 12.1. The van der Waals surface area contributed by atoms with Gasteiger partial charge in [-0.2, -0.15) is 5.26 Å². The summed E-state index contributed by atoms with van der Waals surface area (Å²) in [7, 11) is 0. The van der Waals surface area contributed by atoms with E-state index in [9.17, 15) is 10.1 Å². The number of amides is 1. The van der Waals surface area contributed by atoms with Gasteiger partial charge in [-0.15, -0.1) is 11.3 Å². The lowest BCUT2D eigenvalue weighted by Crippen LogP contribution is -2.28. The van der Waals surface area contributed by atoms with Crippen molar-refractivity contribution in [1.29, 1.82) is 5.26 Å². The van der Waals surface area contributed by atoms with Crippen molar-refractivity contribution in [3.8, 4) is 6.07 Å². The van der Waals surface area contributed by atoms with Gasteiger partial charge in [0.2, 0.25) is 5.91 Å². The molecule has 1 aromatic rings. The van der Waals surface area contributed by atoms with E-state index in [-0.39, 0.29) is 11.8 Å². The van der Waals surface area contributed by atoms with Gasteiger partial charge in [0.1, 0.15) is 11.1 Å². The highest BCUT2D eigenvalue weighted by Crippen LogP contribution is 2.37. The van der Waals surface area contributed by atoms with Crippen LogP contribution in [0.1, 0.15) is 48.6 Å². The highest BCUT2D eigenvalue weighted by molar-refractivity contribution is 7.16. The van der Waals surface area contributed by atoms with E-state index in [1.807, 2.05) is 6.92 Å². The first-order chi connectivity index (χ1) is 9.71. The number of hydrogen-bond acceptors (Lipinski definition) is 4. The average Bonchev–Trinajstić information content (AvgIpc) is 2.61. The molecule has 2 rings (SSSR count). The molecule has 1 aromatic heterocycles. The minimum Gasteiger partial charge on any atom is -0.330 e. The van der Waals surface area contributed by atoms with Crippen LogP contribution in [0.2, 0.25) is 0 Å². The lowest BCUT2D eigenvalue weighted by molar-refractivity contribution is -0.119. The van der Waals surface area contributed by atoms with Crippen molar-refractivity contribution in [3.63, 3.8) is 0 Å². The number of nitrogens with two attached hydrogens (primary N) is 1. The predicted molar refractivity (Wildman–Crippen MR) is 81.8 cm³/mol. The molecule has 0 spiro atoms. The van der Waals surface area contributed by atoms with Gasteiger partial charge in [0.25, 0.3) is 0 Å². The second kappa shape index (κ2) is 6.87. The minimum absolute atomic E-state index is 0.0668. The Morgan fingerprint density at radius 1 is 1.45 bits per heavy atom. The summed E-state index contributed by atoms with van der Waals surface area (Å²) in [6.07, 6.45) is 6.23. The van der Waals surface area contributed by atoms with Crippen LogP contribution in [0.3, 0.4) is 0 Å². The number of hydrogen-bond donors (Lipinski definition) is 2. The van der Waals surface area contributed by atoms with E-state index >= 15 is 0 Å². The summed E-state index contributed by atoms with van der Waals surface area (Å²) in [4.78, 5) is 13.4. The summed E-state index contributed by atoms with van der Waals surface area (Å²) in [6, 6.07) is 2.28. The van der Waals surface area contributed by atoms with Gasteiger partial charge in [0, 0.05) is 11.4 Å². The van der Waals surface area contributed by atoms with Crippen molar-refractivity contribution >= 4 is 22.2 Å². The van der Waals surface area contributed by atoms with Crippen molar-refractivity contribution < 1.29 is 4.79 Å². The number of carbonyl (C=O) groups is 1. The van der Waals surface area contributed by atoms with E-state index in [0.717, 1.165) is 36.2 Å². The normalized spacial score (nSPS) is 15.8. The summed E-state index contributed by atoms with van der Waals surface area (Å²) < 4.78 is 0. The van der Waals surface area contributed by atoms with Crippen molar-refractivity contribution in [2.24, 2.45) is 11.7 Å². The Morgan fingerprint density at radius 3 is 2.85 bits per heavy atom. The van der Waals surface area contributed by atoms with E-state index in [4.69, 9.17) is 5.73 Å². The maximum Gasteiger partial charge on any atom is 0.229 e. The molecule has 1 amide bonds. The molecule has 0 saturated heterocycles. The molecule has 0 aliphatic heterocycles. The zero-order valence-corrected chi connectivity index (χ0v) is 12.7. The van der Waals surface area contributed by atoms with E-state index in [1.54, 1.807) is 11.3 Å². The molecule has 0 radical (unpaired) electrons. The zero-order valence-electron chi connectivity index (χ0n) is 11.9. The van der Waals surface area contributed by atoms with Crippen LogP contribution in [0, 0.1) is 17.2 Å². The fourth-order valence-corrected chi connectivity index (χ4v) is 3.86. The molecule has 4 nitrogen and oxygen atoms in total. The van der Waals surface area contributed by atoms with Crippen LogP contribution < -0.4 is 11.1 Å². The Morgan fingerprint density at radius 2 is 2.20 bits per heavy atom. The molecule has 108 valence electrons. The van der Waals surface area contributed by atoms with Crippen molar-refractivity contribution in [2.75, 3.05) is 11.9 Å². The Kier molecular flexibility index (Phi) is 5.16. The highest BCUT2D eigenvalue weighted by atomic mass is 32.1. The van der Waals surface area contributed by atoms with Crippen LogP contribution in [0.5, 0.6) is 0 Å². The molecule has 20 heavy (non-hydrogen) atoms. The molecule has 1 heterocycles. The third kappa shape index (κ3) is 3.02. The number of fused-ring (bicyclic) bond motifs is 1. The molecule has 1 aliphatic rings. The van der Waals surface area contributed by atoms with Crippen LogP contribution in [0.15, 0.2) is 0 Å². The fourth-order valence-electron chi connectivity index (χ4n) is 2.62.